The molecule has 0 saturated heterocycles. The Bertz CT molecular complexity index is 442. The van der Waals surface area contributed by atoms with Crippen molar-refractivity contribution in [3.05, 3.63) is 15.3 Å². The monoisotopic (exact) mass is 247 g/mol. The predicted molar refractivity (Wildman–Crippen MR) is 59.3 cm³/mol. The number of thiazole rings is 1. The third-order valence-corrected chi connectivity index (χ3v) is 3.74. The Balaban J connectivity index is 2.75. The molecule has 0 aliphatic carbocycles. The number of aromatic nitrogens is 3. The first-order valence-electron chi connectivity index (χ1n) is 4.07. The highest BCUT2D eigenvalue weighted by Crippen LogP contribution is 2.33. The van der Waals surface area contributed by atoms with E-state index in [1.165, 1.54) is 11.3 Å². The van der Waals surface area contributed by atoms with Crippen LogP contribution in [0.1, 0.15) is 24.8 Å². The van der Waals surface area contributed by atoms with Crippen molar-refractivity contribution in [1.82, 2.24) is 15.2 Å². The molecule has 0 N–H and O–H groups in total. The molecule has 0 bridgehead atoms. The highest BCUT2D eigenvalue weighted by Gasteiger charge is 2.14. The summed E-state index contributed by atoms with van der Waals surface area (Å²) in [6.45, 7) is 4.14. The first-order valence-corrected chi connectivity index (χ1v) is 5.65. The van der Waals surface area contributed by atoms with Crippen LogP contribution in [0.2, 0.25) is 10.3 Å². The van der Waals surface area contributed by atoms with Gasteiger partial charge < -0.3 is 0 Å². The number of halogens is 2. The lowest BCUT2D eigenvalue weighted by Crippen LogP contribution is -1.86. The second-order valence-electron chi connectivity index (χ2n) is 3.17. The van der Waals surface area contributed by atoms with Crippen molar-refractivity contribution < 1.29 is 0 Å². The van der Waals surface area contributed by atoms with Crippen LogP contribution in [-0.2, 0) is 0 Å². The van der Waals surface area contributed by atoms with Crippen molar-refractivity contribution >= 4 is 44.8 Å². The van der Waals surface area contributed by atoms with Crippen LogP contribution < -0.4 is 0 Å². The highest BCUT2D eigenvalue weighted by molar-refractivity contribution is 7.19. The maximum absolute atomic E-state index is 5.89. The summed E-state index contributed by atoms with van der Waals surface area (Å²) >= 11 is 13.3. The number of rotatable bonds is 1. The summed E-state index contributed by atoms with van der Waals surface area (Å²) in [6, 6.07) is 0. The molecule has 2 aromatic heterocycles. The van der Waals surface area contributed by atoms with Crippen LogP contribution in [0, 0.1) is 0 Å². The summed E-state index contributed by atoms with van der Waals surface area (Å²) in [5.74, 6) is 0.361. The third-order valence-electron chi connectivity index (χ3n) is 1.75. The van der Waals surface area contributed by atoms with Crippen LogP contribution in [0.3, 0.4) is 0 Å². The average Bonchev–Trinajstić information content (AvgIpc) is 2.57. The Hall–Kier alpha value is -0.450. The van der Waals surface area contributed by atoms with Crippen molar-refractivity contribution in [3.8, 4) is 0 Å². The fourth-order valence-electron chi connectivity index (χ4n) is 1.04. The largest absolute Gasteiger partial charge is 0.237 e. The van der Waals surface area contributed by atoms with E-state index in [0.717, 1.165) is 9.71 Å². The van der Waals surface area contributed by atoms with Gasteiger partial charge in [-0.1, -0.05) is 37.0 Å². The second-order valence-corrected chi connectivity index (χ2v) is 4.91. The van der Waals surface area contributed by atoms with E-state index >= 15 is 0 Å². The van der Waals surface area contributed by atoms with Crippen LogP contribution in [0.4, 0.5) is 0 Å². The van der Waals surface area contributed by atoms with Gasteiger partial charge in [-0.25, -0.2) is 4.98 Å². The van der Waals surface area contributed by atoms with Gasteiger partial charge in [0.2, 0.25) is 0 Å². The van der Waals surface area contributed by atoms with Gasteiger partial charge in [0.25, 0.3) is 0 Å². The minimum absolute atomic E-state index is 0.313. The Morgan fingerprint density at radius 2 is 1.79 bits per heavy atom. The minimum atomic E-state index is 0.313. The molecule has 2 rings (SSSR count). The van der Waals surface area contributed by atoms with Gasteiger partial charge in [-0.15, -0.1) is 21.5 Å². The standard InChI is InChI=1S/C8H7Cl2N3S/c1-3(2)8-11-4-5(14-8)7(10)13-12-6(4)9/h3H,1-2H3. The van der Waals surface area contributed by atoms with Gasteiger partial charge in [0, 0.05) is 5.92 Å². The normalized spacial score (nSPS) is 11.5. The molecule has 0 aliphatic heterocycles. The van der Waals surface area contributed by atoms with Gasteiger partial charge in [0.1, 0.15) is 5.52 Å². The molecule has 0 spiro atoms. The first kappa shape index (κ1) is 10.1. The lowest BCUT2D eigenvalue weighted by molar-refractivity contribution is 0.856. The van der Waals surface area contributed by atoms with E-state index in [0.29, 0.717) is 21.7 Å². The maximum Gasteiger partial charge on any atom is 0.178 e. The molecule has 0 unspecified atom stereocenters. The highest BCUT2D eigenvalue weighted by atomic mass is 35.5. The molecule has 14 heavy (non-hydrogen) atoms. The van der Waals surface area contributed by atoms with Crippen LogP contribution in [0.25, 0.3) is 10.2 Å². The van der Waals surface area contributed by atoms with Crippen molar-refractivity contribution in [2.75, 3.05) is 0 Å². The summed E-state index contributed by atoms with van der Waals surface area (Å²) in [5, 5.41) is 9.12. The van der Waals surface area contributed by atoms with Crippen molar-refractivity contribution in [3.63, 3.8) is 0 Å². The Morgan fingerprint density at radius 1 is 1.14 bits per heavy atom. The van der Waals surface area contributed by atoms with E-state index in [9.17, 15) is 0 Å². The van der Waals surface area contributed by atoms with E-state index < -0.39 is 0 Å². The van der Waals surface area contributed by atoms with Crippen LogP contribution in [0.15, 0.2) is 0 Å². The van der Waals surface area contributed by atoms with Crippen LogP contribution in [0.5, 0.6) is 0 Å². The quantitative estimate of drug-likeness (QED) is 0.775. The zero-order valence-electron chi connectivity index (χ0n) is 7.58. The van der Waals surface area contributed by atoms with Gasteiger partial charge in [0.05, 0.1) is 9.71 Å². The van der Waals surface area contributed by atoms with Gasteiger partial charge in [-0.2, -0.15) is 0 Å². The van der Waals surface area contributed by atoms with E-state index in [4.69, 9.17) is 23.2 Å². The molecule has 0 fully saturated rings. The molecule has 0 aromatic carbocycles. The average molecular weight is 248 g/mol. The summed E-state index contributed by atoms with van der Waals surface area (Å²) in [7, 11) is 0. The third kappa shape index (κ3) is 1.58. The van der Waals surface area contributed by atoms with Gasteiger partial charge in [-0.05, 0) is 0 Å². The van der Waals surface area contributed by atoms with E-state index in [-0.39, 0.29) is 0 Å². The topological polar surface area (TPSA) is 38.7 Å². The molecule has 74 valence electrons. The molecule has 6 heteroatoms. The predicted octanol–water partition coefficient (Wildman–Crippen LogP) is 3.52. The zero-order chi connectivity index (χ0) is 10.3. The van der Waals surface area contributed by atoms with Gasteiger partial charge >= 0.3 is 0 Å². The SMILES string of the molecule is CC(C)c1nc2c(Cl)nnc(Cl)c2s1. The molecular formula is C8H7Cl2N3S. The van der Waals surface area contributed by atoms with Gasteiger partial charge in [0.15, 0.2) is 10.3 Å². The molecule has 0 saturated carbocycles. The lowest BCUT2D eigenvalue weighted by Gasteiger charge is -1.94. The summed E-state index contributed by atoms with van der Waals surface area (Å²) in [4.78, 5) is 4.37. The van der Waals surface area contributed by atoms with E-state index in [2.05, 4.69) is 29.0 Å². The molecule has 0 radical (unpaired) electrons. The van der Waals surface area contributed by atoms with Crippen LogP contribution in [-0.4, -0.2) is 15.2 Å². The van der Waals surface area contributed by atoms with Crippen LogP contribution >= 0.6 is 34.5 Å². The first-order chi connectivity index (χ1) is 6.59. The molecule has 2 aromatic rings. The zero-order valence-corrected chi connectivity index (χ0v) is 9.91. The summed E-state index contributed by atoms with van der Waals surface area (Å²) in [6.07, 6.45) is 0. The lowest BCUT2D eigenvalue weighted by atomic mass is 10.2. The number of hydrogen-bond acceptors (Lipinski definition) is 4. The fraction of sp³-hybridized carbons (Fsp3) is 0.375. The van der Waals surface area contributed by atoms with E-state index in [1.807, 2.05) is 0 Å². The summed E-state index contributed by atoms with van der Waals surface area (Å²) < 4.78 is 0.815. The number of nitrogens with zero attached hydrogens (tertiary/aromatic N) is 3. The maximum atomic E-state index is 5.89. The Morgan fingerprint density at radius 3 is 2.36 bits per heavy atom. The second kappa shape index (κ2) is 3.61. The molecule has 2 heterocycles. The Labute approximate surface area is 95.1 Å². The number of hydrogen-bond donors (Lipinski definition) is 0. The molecule has 0 aliphatic rings. The van der Waals surface area contributed by atoms with Crippen molar-refractivity contribution in [2.45, 2.75) is 19.8 Å². The van der Waals surface area contributed by atoms with Gasteiger partial charge in [-0.3, -0.25) is 0 Å². The number of fused-ring (bicyclic) bond motifs is 1. The molecular weight excluding hydrogens is 241 g/mol. The smallest absolute Gasteiger partial charge is 0.178 e. The molecule has 3 nitrogen and oxygen atoms in total. The minimum Gasteiger partial charge on any atom is -0.237 e. The fourth-order valence-corrected chi connectivity index (χ4v) is 2.46. The summed E-state index contributed by atoms with van der Waals surface area (Å²) in [5.41, 5.74) is 0.653. The Kier molecular flexibility index (Phi) is 2.60. The molecule has 0 amide bonds. The van der Waals surface area contributed by atoms with Crippen molar-refractivity contribution in [2.24, 2.45) is 0 Å². The van der Waals surface area contributed by atoms with E-state index in [1.54, 1.807) is 0 Å². The molecule has 0 atom stereocenters. The van der Waals surface area contributed by atoms with Crippen molar-refractivity contribution in [1.29, 1.82) is 0 Å².